The van der Waals surface area contributed by atoms with Gasteiger partial charge in [-0.3, -0.25) is 0 Å². The lowest BCUT2D eigenvalue weighted by molar-refractivity contribution is 0.302. The maximum Gasteiger partial charge on any atom is 0.123 e. The minimum Gasteiger partial charge on any atom is -0.493 e. The molecule has 0 spiro atoms. The molecule has 174 valence electrons. The Labute approximate surface area is 204 Å². The van der Waals surface area contributed by atoms with E-state index in [0.717, 1.165) is 35.4 Å². The summed E-state index contributed by atoms with van der Waals surface area (Å²) in [6, 6.07) is 6.49. The van der Waals surface area contributed by atoms with Gasteiger partial charge in [-0.05, 0) is 24.0 Å². The first-order valence-electron chi connectivity index (χ1n) is 12.6. The molecule has 0 aliphatic carbocycles. The van der Waals surface area contributed by atoms with E-state index in [1.165, 1.54) is 101 Å². The Morgan fingerprint density at radius 3 is 1.87 bits per heavy atom. The molecule has 1 unspecified atom stereocenters. The van der Waals surface area contributed by atoms with E-state index in [9.17, 15) is 0 Å². The van der Waals surface area contributed by atoms with Crippen LogP contribution < -0.4 is 4.74 Å². The summed E-state index contributed by atoms with van der Waals surface area (Å²) < 4.78 is 6.05. The predicted molar refractivity (Wildman–Crippen MR) is 141 cm³/mol. The van der Waals surface area contributed by atoms with Crippen LogP contribution in [0, 0.1) is 5.92 Å². The number of hydrogen-bond acceptors (Lipinski definition) is 1. The number of alkyl halides is 2. The lowest BCUT2D eigenvalue weighted by atomic mass is 9.96. The Bertz CT molecular complexity index is 518. The second-order valence-electron chi connectivity index (χ2n) is 8.98. The van der Waals surface area contributed by atoms with Gasteiger partial charge in [0.1, 0.15) is 5.75 Å². The van der Waals surface area contributed by atoms with E-state index >= 15 is 0 Å². The largest absolute Gasteiger partial charge is 0.493 e. The Balaban J connectivity index is 1.90. The molecule has 0 aliphatic rings. The number of ether oxygens (including phenoxy) is 1. The molecule has 0 bridgehead atoms. The molecule has 1 aromatic rings. The third kappa shape index (κ3) is 14.1. The van der Waals surface area contributed by atoms with E-state index in [-0.39, 0.29) is 0 Å². The summed E-state index contributed by atoms with van der Waals surface area (Å²) in [4.78, 5) is 0. The van der Waals surface area contributed by atoms with Crippen LogP contribution in [0.1, 0.15) is 121 Å². The molecule has 0 saturated heterocycles. The van der Waals surface area contributed by atoms with E-state index in [1.54, 1.807) is 0 Å². The van der Waals surface area contributed by atoms with Crippen molar-refractivity contribution in [2.24, 2.45) is 5.92 Å². The smallest absolute Gasteiger partial charge is 0.123 e. The Kier molecular flexibility index (Phi) is 18.3. The fraction of sp³-hybridized carbons (Fsp3) is 0.778. The van der Waals surface area contributed by atoms with Crippen LogP contribution >= 0.6 is 31.9 Å². The molecular weight excluding hydrogens is 500 g/mol. The summed E-state index contributed by atoms with van der Waals surface area (Å²) in [5.41, 5.74) is 2.52. The molecule has 0 radical (unpaired) electrons. The minimum atomic E-state index is 0.836. The lowest BCUT2D eigenvalue weighted by Gasteiger charge is -2.11. The number of unbranched alkanes of at least 4 members (excludes halogenated alkanes) is 11. The third-order valence-electron chi connectivity index (χ3n) is 6.08. The average molecular weight is 546 g/mol. The van der Waals surface area contributed by atoms with Gasteiger partial charge in [-0.2, -0.15) is 0 Å². The first-order chi connectivity index (χ1) is 14.7. The van der Waals surface area contributed by atoms with Gasteiger partial charge in [-0.25, -0.2) is 0 Å². The lowest BCUT2D eigenvalue weighted by Crippen LogP contribution is -2.00. The summed E-state index contributed by atoms with van der Waals surface area (Å²) in [5, 5.41) is 1.73. The zero-order valence-electron chi connectivity index (χ0n) is 19.7. The van der Waals surface area contributed by atoms with Crippen LogP contribution in [0.25, 0.3) is 0 Å². The maximum atomic E-state index is 6.05. The highest BCUT2D eigenvalue weighted by Gasteiger charge is 2.04. The molecule has 0 amide bonds. The van der Waals surface area contributed by atoms with E-state index in [2.05, 4.69) is 63.9 Å². The summed E-state index contributed by atoms with van der Waals surface area (Å²) in [6.07, 6.45) is 20.9. The summed E-state index contributed by atoms with van der Waals surface area (Å²) >= 11 is 7.09. The molecule has 1 aromatic carbocycles. The first kappa shape index (κ1) is 28.0. The number of benzene rings is 1. The Hall–Kier alpha value is -0.0200. The average Bonchev–Trinajstić information content (AvgIpc) is 2.76. The van der Waals surface area contributed by atoms with Crippen LogP contribution in [0.15, 0.2) is 18.2 Å². The first-order valence-corrected chi connectivity index (χ1v) is 14.8. The molecular formula is C27H46Br2O. The molecule has 3 heteroatoms. The molecule has 0 saturated carbocycles. The molecule has 0 aromatic heterocycles. The maximum absolute atomic E-state index is 6.05. The fourth-order valence-electron chi connectivity index (χ4n) is 4.01. The monoisotopic (exact) mass is 544 g/mol. The second-order valence-corrected chi connectivity index (χ2v) is 10.1. The molecule has 1 atom stereocenters. The highest BCUT2D eigenvalue weighted by Crippen LogP contribution is 2.24. The van der Waals surface area contributed by atoms with Crippen LogP contribution in [-0.2, 0) is 10.7 Å². The Morgan fingerprint density at radius 1 is 0.733 bits per heavy atom. The van der Waals surface area contributed by atoms with Crippen LogP contribution in [0.3, 0.4) is 0 Å². The van der Waals surface area contributed by atoms with E-state index in [0.29, 0.717) is 0 Å². The molecule has 0 aliphatic heterocycles. The van der Waals surface area contributed by atoms with Crippen LogP contribution in [0.4, 0.5) is 0 Å². The van der Waals surface area contributed by atoms with Crippen molar-refractivity contribution < 1.29 is 4.74 Å². The molecule has 0 N–H and O–H groups in total. The van der Waals surface area contributed by atoms with Gasteiger partial charge >= 0.3 is 0 Å². The van der Waals surface area contributed by atoms with Crippen molar-refractivity contribution in [3.05, 3.63) is 29.3 Å². The summed E-state index contributed by atoms with van der Waals surface area (Å²) in [5.74, 6) is 1.99. The van der Waals surface area contributed by atoms with Crippen molar-refractivity contribution in [3.63, 3.8) is 0 Å². The topological polar surface area (TPSA) is 9.23 Å². The van der Waals surface area contributed by atoms with Crippen LogP contribution in [0.5, 0.6) is 5.75 Å². The standard InChI is InChI=1S/C27H46Br2O/c1-3-4-13-16-24(2)17-14-11-9-7-5-6-8-10-12-15-20-30-27-21-25(22-28)18-19-26(27)23-29/h18-19,21,24H,3-17,20,22-23H2,1-2H3. The molecule has 0 fully saturated rings. The molecule has 0 heterocycles. The molecule has 30 heavy (non-hydrogen) atoms. The van der Waals surface area contributed by atoms with Crippen molar-refractivity contribution in [1.29, 1.82) is 0 Å². The zero-order valence-corrected chi connectivity index (χ0v) is 22.9. The van der Waals surface area contributed by atoms with Gasteiger partial charge < -0.3 is 4.74 Å². The van der Waals surface area contributed by atoms with Crippen LogP contribution in [-0.4, -0.2) is 6.61 Å². The zero-order chi connectivity index (χ0) is 21.9. The van der Waals surface area contributed by atoms with Gasteiger partial charge in [0.2, 0.25) is 0 Å². The van der Waals surface area contributed by atoms with Crippen molar-refractivity contribution in [2.75, 3.05) is 6.61 Å². The van der Waals surface area contributed by atoms with E-state index in [1.807, 2.05) is 0 Å². The highest BCUT2D eigenvalue weighted by molar-refractivity contribution is 9.08. The van der Waals surface area contributed by atoms with Gasteiger partial charge in [0, 0.05) is 16.2 Å². The number of rotatable bonds is 20. The molecule has 1 nitrogen and oxygen atoms in total. The normalized spacial score (nSPS) is 12.3. The van der Waals surface area contributed by atoms with Gasteiger partial charge in [0.25, 0.3) is 0 Å². The van der Waals surface area contributed by atoms with Gasteiger partial charge in [0.15, 0.2) is 0 Å². The summed E-state index contributed by atoms with van der Waals surface area (Å²) in [6.45, 7) is 5.58. The highest BCUT2D eigenvalue weighted by atomic mass is 79.9. The third-order valence-corrected chi connectivity index (χ3v) is 7.33. The Morgan fingerprint density at radius 2 is 1.30 bits per heavy atom. The number of halogens is 2. The van der Waals surface area contributed by atoms with Gasteiger partial charge in [0.05, 0.1) is 6.61 Å². The van der Waals surface area contributed by atoms with Crippen molar-refractivity contribution in [2.45, 2.75) is 121 Å². The predicted octanol–water partition coefficient (Wildman–Crippen LogP) is 10.4. The van der Waals surface area contributed by atoms with Crippen molar-refractivity contribution in [3.8, 4) is 5.75 Å². The minimum absolute atomic E-state index is 0.836. The second kappa shape index (κ2) is 19.6. The quantitative estimate of drug-likeness (QED) is 0.117. The van der Waals surface area contributed by atoms with E-state index < -0.39 is 0 Å². The SMILES string of the molecule is CCCCCC(C)CCCCCCCCCCCCOc1cc(CBr)ccc1CBr. The molecule has 1 rings (SSSR count). The van der Waals surface area contributed by atoms with Crippen LogP contribution in [0.2, 0.25) is 0 Å². The number of hydrogen-bond donors (Lipinski definition) is 0. The van der Waals surface area contributed by atoms with Gasteiger partial charge in [-0.1, -0.05) is 148 Å². The van der Waals surface area contributed by atoms with Crippen molar-refractivity contribution >= 4 is 31.9 Å². The fourth-order valence-corrected chi connectivity index (χ4v) is 4.82. The van der Waals surface area contributed by atoms with Gasteiger partial charge in [-0.15, -0.1) is 0 Å². The summed E-state index contributed by atoms with van der Waals surface area (Å²) in [7, 11) is 0. The van der Waals surface area contributed by atoms with E-state index in [4.69, 9.17) is 4.74 Å². The van der Waals surface area contributed by atoms with Crippen molar-refractivity contribution in [1.82, 2.24) is 0 Å².